The fraction of sp³-hybridized carbons (Fsp3) is 0.583. The Morgan fingerprint density at radius 2 is 2.07 bits per heavy atom. The molecule has 1 aromatic heterocycles. The quantitative estimate of drug-likeness (QED) is 0.710. The van der Waals surface area contributed by atoms with E-state index in [1.54, 1.807) is 11.3 Å². The Hall–Kier alpha value is -0.150. The predicted octanol–water partition coefficient (Wildman–Crippen LogP) is 4.83. The van der Waals surface area contributed by atoms with Crippen LogP contribution in [0.4, 0.5) is 0 Å². The van der Waals surface area contributed by atoms with Crippen LogP contribution in [0.2, 0.25) is 0 Å². The SMILES string of the molecule is CCC(CC)CC(=O)c1cc(C)c(Br)s1. The van der Waals surface area contributed by atoms with Crippen LogP contribution in [-0.4, -0.2) is 5.78 Å². The molecule has 3 heteroatoms. The average molecular weight is 289 g/mol. The molecule has 0 aromatic carbocycles. The lowest BCUT2D eigenvalue weighted by Gasteiger charge is -2.09. The zero-order valence-corrected chi connectivity index (χ0v) is 11.9. The van der Waals surface area contributed by atoms with E-state index in [1.165, 1.54) is 0 Å². The first kappa shape index (κ1) is 12.9. The molecule has 1 nitrogen and oxygen atoms in total. The second kappa shape index (κ2) is 5.80. The first-order chi connectivity index (χ1) is 7.08. The van der Waals surface area contributed by atoms with Crippen molar-refractivity contribution in [3.8, 4) is 0 Å². The second-order valence-corrected chi connectivity index (χ2v) is 6.25. The van der Waals surface area contributed by atoms with Gasteiger partial charge in [0, 0.05) is 6.42 Å². The molecule has 0 saturated heterocycles. The number of carbonyl (C=O) groups is 1. The van der Waals surface area contributed by atoms with Gasteiger partial charge in [0.25, 0.3) is 0 Å². The second-order valence-electron chi connectivity index (χ2n) is 3.88. The Morgan fingerprint density at radius 3 is 2.47 bits per heavy atom. The molecule has 0 aliphatic carbocycles. The predicted molar refractivity (Wildman–Crippen MR) is 69.8 cm³/mol. The topological polar surface area (TPSA) is 17.1 Å². The molecular formula is C12H17BrOS. The van der Waals surface area contributed by atoms with Gasteiger partial charge in [0.05, 0.1) is 8.66 Å². The lowest BCUT2D eigenvalue weighted by Crippen LogP contribution is -2.05. The molecular weight excluding hydrogens is 272 g/mol. The van der Waals surface area contributed by atoms with Gasteiger partial charge in [-0.3, -0.25) is 4.79 Å². The van der Waals surface area contributed by atoms with Gasteiger partial charge in [-0.1, -0.05) is 26.7 Å². The molecule has 0 bridgehead atoms. The molecule has 0 fully saturated rings. The van der Waals surface area contributed by atoms with Crippen molar-refractivity contribution < 1.29 is 4.79 Å². The molecule has 0 aliphatic heterocycles. The van der Waals surface area contributed by atoms with Crippen LogP contribution in [0.5, 0.6) is 0 Å². The van der Waals surface area contributed by atoms with Crippen LogP contribution in [0.1, 0.15) is 48.3 Å². The highest BCUT2D eigenvalue weighted by Gasteiger charge is 2.15. The molecule has 0 unspecified atom stereocenters. The van der Waals surface area contributed by atoms with Crippen LogP contribution >= 0.6 is 27.3 Å². The zero-order chi connectivity index (χ0) is 11.4. The van der Waals surface area contributed by atoms with E-state index >= 15 is 0 Å². The van der Waals surface area contributed by atoms with Crippen molar-refractivity contribution in [2.45, 2.75) is 40.0 Å². The van der Waals surface area contributed by atoms with E-state index in [-0.39, 0.29) is 0 Å². The highest BCUT2D eigenvalue weighted by atomic mass is 79.9. The summed E-state index contributed by atoms with van der Waals surface area (Å²) in [5.41, 5.74) is 1.16. The van der Waals surface area contributed by atoms with Gasteiger partial charge in [0.15, 0.2) is 5.78 Å². The lowest BCUT2D eigenvalue weighted by molar-refractivity contribution is 0.0962. The molecule has 0 atom stereocenters. The van der Waals surface area contributed by atoms with Gasteiger partial charge in [-0.2, -0.15) is 0 Å². The van der Waals surface area contributed by atoms with Gasteiger partial charge in [0.2, 0.25) is 0 Å². The molecule has 0 aliphatic rings. The monoisotopic (exact) mass is 288 g/mol. The largest absolute Gasteiger partial charge is 0.293 e. The summed E-state index contributed by atoms with van der Waals surface area (Å²) in [5.74, 6) is 0.834. The van der Waals surface area contributed by atoms with E-state index < -0.39 is 0 Å². The fourth-order valence-electron chi connectivity index (χ4n) is 1.54. The number of aryl methyl sites for hydroxylation is 1. The van der Waals surface area contributed by atoms with Gasteiger partial charge in [-0.05, 0) is 40.4 Å². The minimum Gasteiger partial charge on any atom is -0.293 e. The van der Waals surface area contributed by atoms with Crippen molar-refractivity contribution in [1.82, 2.24) is 0 Å². The lowest BCUT2D eigenvalue weighted by atomic mass is 9.96. The highest BCUT2D eigenvalue weighted by Crippen LogP contribution is 2.29. The minimum atomic E-state index is 0.294. The third kappa shape index (κ3) is 3.42. The molecule has 0 saturated carbocycles. The number of thiophene rings is 1. The van der Waals surface area contributed by atoms with Crippen LogP contribution in [-0.2, 0) is 0 Å². The maximum atomic E-state index is 11.9. The molecule has 0 N–H and O–H groups in total. The summed E-state index contributed by atoms with van der Waals surface area (Å²) in [6, 6.07) is 1.99. The first-order valence-electron chi connectivity index (χ1n) is 5.37. The smallest absolute Gasteiger partial charge is 0.173 e. The molecule has 84 valence electrons. The van der Waals surface area contributed by atoms with Gasteiger partial charge in [-0.15, -0.1) is 11.3 Å². The van der Waals surface area contributed by atoms with Crippen LogP contribution in [0.15, 0.2) is 9.85 Å². The third-order valence-electron chi connectivity index (χ3n) is 2.76. The number of carbonyl (C=O) groups excluding carboxylic acids is 1. The Morgan fingerprint density at radius 1 is 1.47 bits per heavy atom. The van der Waals surface area contributed by atoms with Gasteiger partial charge >= 0.3 is 0 Å². The Kier molecular flexibility index (Phi) is 5.00. The average Bonchev–Trinajstić information content (AvgIpc) is 2.55. The molecule has 15 heavy (non-hydrogen) atoms. The van der Waals surface area contributed by atoms with E-state index in [9.17, 15) is 4.79 Å². The molecule has 1 rings (SSSR count). The van der Waals surface area contributed by atoms with Crippen molar-refractivity contribution in [1.29, 1.82) is 0 Å². The number of Topliss-reactive ketones (excluding diaryl/α,β-unsaturated/α-hetero) is 1. The van der Waals surface area contributed by atoms with Crippen molar-refractivity contribution >= 4 is 33.0 Å². The molecule has 0 spiro atoms. The summed E-state index contributed by atoms with van der Waals surface area (Å²) in [6.45, 7) is 6.32. The number of ketones is 1. The normalized spacial score (nSPS) is 11.0. The van der Waals surface area contributed by atoms with Crippen molar-refractivity contribution in [3.05, 3.63) is 20.3 Å². The standard InChI is InChI=1S/C12H17BrOS/c1-4-9(5-2)7-10(14)11-6-8(3)12(13)15-11/h6,9H,4-5,7H2,1-3H3. The minimum absolute atomic E-state index is 0.294. The Labute approximate surface area is 104 Å². The van der Waals surface area contributed by atoms with Crippen LogP contribution in [0.3, 0.4) is 0 Å². The summed E-state index contributed by atoms with van der Waals surface area (Å²) in [7, 11) is 0. The van der Waals surface area contributed by atoms with E-state index in [1.807, 2.05) is 13.0 Å². The van der Waals surface area contributed by atoms with Crippen LogP contribution in [0.25, 0.3) is 0 Å². The maximum Gasteiger partial charge on any atom is 0.173 e. The Balaban J connectivity index is 2.68. The van der Waals surface area contributed by atoms with Gasteiger partial charge in [0.1, 0.15) is 0 Å². The van der Waals surface area contributed by atoms with E-state index in [2.05, 4.69) is 29.8 Å². The summed E-state index contributed by atoms with van der Waals surface area (Å²) in [6.07, 6.45) is 2.88. The number of hydrogen-bond acceptors (Lipinski definition) is 2. The van der Waals surface area contributed by atoms with Crippen LogP contribution < -0.4 is 0 Å². The molecule has 1 heterocycles. The summed E-state index contributed by atoms with van der Waals surface area (Å²) < 4.78 is 1.08. The number of halogens is 1. The maximum absolute atomic E-state index is 11.9. The summed E-state index contributed by atoms with van der Waals surface area (Å²) in [5, 5.41) is 0. The third-order valence-corrected chi connectivity index (χ3v) is 4.94. The Bertz CT molecular complexity index is 320. The van der Waals surface area contributed by atoms with E-state index in [4.69, 9.17) is 0 Å². The van der Waals surface area contributed by atoms with Crippen molar-refractivity contribution in [2.24, 2.45) is 5.92 Å². The summed E-state index contributed by atoms with van der Waals surface area (Å²) >= 11 is 5.00. The van der Waals surface area contributed by atoms with E-state index in [0.29, 0.717) is 18.1 Å². The van der Waals surface area contributed by atoms with Crippen molar-refractivity contribution in [2.75, 3.05) is 0 Å². The highest BCUT2D eigenvalue weighted by molar-refractivity contribution is 9.11. The fourth-order valence-corrected chi connectivity index (χ4v) is 3.02. The van der Waals surface area contributed by atoms with Crippen molar-refractivity contribution in [3.63, 3.8) is 0 Å². The number of rotatable bonds is 5. The first-order valence-corrected chi connectivity index (χ1v) is 6.98. The molecule has 0 amide bonds. The van der Waals surface area contributed by atoms with E-state index in [0.717, 1.165) is 27.1 Å². The zero-order valence-electron chi connectivity index (χ0n) is 9.47. The van der Waals surface area contributed by atoms with Gasteiger partial charge < -0.3 is 0 Å². The molecule has 1 aromatic rings. The van der Waals surface area contributed by atoms with Gasteiger partial charge in [-0.25, -0.2) is 0 Å². The molecule has 0 radical (unpaired) electrons. The number of hydrogen-bond donors (Lipinski definition) is 0. The summed E-state index contributed by atoms with van der Waals surface area (Å²) in [4.78, 5) is 12.8. The van der Waals surface area contributed by atoms with Crippen LogP contribution in [0, 0.1) is 12.8 Å².